The molecule has 0 aliphatic carbocycles. The van der Waals surface area contributed by atoms with E-state index in [2.05, 4.69) is 15.5 Å². The molecule has 0 bridgehead atoms. The zero-order valence-electron chi connectivity index (χ0n) is 21.4. The molecule has 3 aromatic rings. The summed E-state index contributed by atoms with van der Waals surface area (Å²) >= 11 is 1.24. The molecule has 1 N–H and O–H groups in total. The van der Waals surface area contributed by atoms with Crippen molar-refractivity contribution in [3.63, 3.8) is 0 Å². The van der Waals surface area contributed by atoms with Crippen LogP contribution in [-0.2, 0) is 21.2 Å². The predicted octanol–water partition coefficient (Wildman–Crippen LogP) is 3.10. The van der Waals surface area contributed by atoms with Gasteiger partial charge in [-0.1, -0.05) is 23.9 Å². The lowest BCUT2D eigenvalue weighted by Crippen LogP contribution is -2.27. The number of ether oxygens (including phenoxy) is 1. The lowest BCUT2D eigenvalue weighted by molar-refractivity contribution is -0.118. The minimum atomic E-state index is -3.53. The van der Waals surface area contributed by atoms with Gasteiger partial charge in [-0.05, 0) is 56.2 Å². The highest BCUT2D eigenvalue weighted by Gasteiger charge is 2.27. The molecule has 2 aromatic carbocycles. The maximum absolute atomic E-state index is 13.0. The number of hydrogen-bond acceptors (Lipinski definition) is 8. The molecule has 10 nitrogen and oxygen atoms in total. The molecule has 2 heterocycles. The van der Waals surface area contributed by atoms with Crippen LogP contribution in [0.5, 0.6) is 5.75 Å². The van der Waals surface area contributed by atoms with E-state index in [9.17, 15) is 18.0 Å². The normalized spacial score (nSPS) is 13.9. The maximum atomic E-state index is 13.0. The fraction of sp³-hybridized carbons (Fsp3) is 0.385. The number of nitrogens with one attached hydrogen (secondary N) is 1. The Morgan fingerprint density at radius 3 is 2.34 bits per heavy atom. The molecule has 1 aromatic heterocycles. The number of sulfonamides is 1. The third kappa shape index (κ3) is 6.61. The van der Waals surface area contributed by atoms with Crippen molar-refractivity contribution in [2.24, 2.45) is 0 Å². The Morgan fingerprint density at radius 2 is 1.71 bits per heavy atom. The number of Topliss-reactive ketones (excluding diaryl/α,β-unsaturated/α-hetero) is 1. The minimum Gasteiger partial charge on any atom is -0.494 e. The number of ketones is 1. The smallest absolute Gasteiger partial charge is 0.243 e. The van der Waals surface area contributed by atoms with Gasteiger partial charge < -0.3 is 10.1 Å². The average Bonchev–Trinajstić information content (AvgIpc) is 3.59. The van der Waals surface area contributed by atoms with E-state index < -0.39 is 10.0 Å². The second-order valence-electron chi connectivity index (χ2n) is 8.74. The molecule has 1 fully saturated rings. The van der Waals surface area contributed by atoms with Crippen molar-refractivity contribution >= 4 is 33.5 Å². The van der Waals surface area contributed by atoms with Crippen LogP contribution in [0.1, 0.15) is 42.9 Å². The molecule has 1 aliphatic heterocycles. The second-order valence-corrected chi connectivity index (χ2v) is 11.6. The van der Waals surface area contributed by atoms with E-state index in [4.69, 9.17) is 4.74 Å². The van der Waals surface area contributed by atoms with Crippen LogP contribution in [-0.4, -0.2) is 71.2 Å². The summed E-state index contributed by atoms with van der Waals surface area (Å²) < 4.78 is 34.4. The van der Waals surface area contributed by atoms with E-state index in [1.807, 2.05) is 35.8 Å². The number of aromatic nitrogens is 3. The average molecular weight is 558 g/mol. The largest absolute Gasteiger partial charge is 0.494 e. The van der Waals surface area contributed by atoms with Gasteiger partial charge in [0, 0.05) is 44.2 Å². The molecule has 0 atom stereocenters. The van der Waals surface area contributed by atoms with Gasteiger partial charge in [0.05, 0.1) is 17.3 Å². The maximum Gasteiger partial charge on any atom is 0.243 e. The first-order valence-electron chi connectivity index (χ1n) is 12.5. The molecule has 0 saturated carbocycles. The summed E-state index contributed by atoms with van der Waals surface area (Å²) in [6, 6.07) is 13.6. The first-order valence-corrected chi connectivity index (χ1v) is 14.9. The zero-order valence-corrected chi connectivity index (χ0v) is 23.1. The number of benzene rings is 2. The van der Waals surface area contributed by atoms with Crippen LogP contribution >= 0.6 is 11.8 Å². The molecule has 1 saturated heterocycles. The standard InChI is InChI=1S/C26H31N5O5S2/c1-3-36-22-10-8-21(9-11-22)31-25(14-15-27-19(2)32)28-29-26(31)37-18-24(33)20-6-12-23(13-7-20)38(34,35)30-16-4-5-17-30/h6-13H,3-5,14-18H2,1-2H3,(H,27,32). The molecule has 202 valence electrons. The van der Waals surface area contributed by atoms with Crippen LogP contribution in [0.15, 0.2) is 58.6 Å². The fourth-order valence-electron chi connectivity index (χ4n) is 4.13. The Balaban J connectivity index is 1.49. The first kappa shape index (κ1) is 27.8. The third-order valence-electron chi connectivity index (χ3n) is 6.04. The summed E-state index contributed by atoms with van der Waals surface area (Å²) in [5.41, 5.74) is 1.23. The van der Waals surface area contributed by atoms with Crippen molar-refractivity contribution < 1.29 is 22.7 Å². The highest BCUT2D eigenvalue weighted by molar-refractivity contribution is 7.99. The highest BCUT2D eigenvalue weighted by atomic mass is 32.2. The zero-order chi connectivity index (χ0) is 27.1. The van der Waals surface area contributed by atoms with Gasteiger partial charge in [-0.15, -0.1) is 10.2 Å². The SMILES string of the molecule is CCOc1ccc(-n2c(CCNC(C)=O)nnc2SCC(=O)c2ccc(S(=O)(=O)N3CCCC3)cc2)cc1. The number of nitrogens with zero attached hydrogens (tertiary/aromatic N) is 4. The molecule has 38 heavy (non-hydrogen) atoms. The lowest BCUT2D eigenvalue weighted by atomic mass is 10.1. The van der Waals surface area contributed by atoms with Crippen molar-refractivity contribution in [1.82, 2.24) is 24.4 Å². The lowest BCUT2D eigenvalue weighted by Gasteiger charge is -2.15. The molecule has 1 aliphatic rings. The fourth-order valence-corrected chi connectivity index (χ4v) is 6.51. The third-order valence-corrected chi connectivity index (χ3v) is 8.88. The van der Waals surface area contributed by atoms with E-state index >= 15 is 0 Å². The summed E-state index contributed by atoms with van der Waals surface area (Å²) in [5.74, 6) is 1.20. The van der Waals surface area contributed by atoms with E-state index in [0.717, 1.165) is 24.3 Å². The second kappa shape index (κ2) is 12.5. The summed E-state index contributed by atoms with van der Waals surface area (Å²) in [6.07, 6.45) is 2.19. The van der Waals surface area contributed by atoms with Crippen molar-refractivity contribution in [3.05, 3.63) is 59.9 Å². The van der Waals surface area contributed by atoms with E-state index in [1.54, 1.807) is 12.1 Å². The van der Waals surface area contributed by atoms with Gasteiger partial charge in [0.25, 0.3) is 0 Å². The molecule has 4 rings (SSSR count). The number of amides is 1. The summed E-state index contributed by atoms with van der Waals surface area (Å²) in [7, 11) is -3.53. The van der Waals surface area contributed by atoms with Crippen molar-refractivity contribution in [2.45, 2.75) is 43.2 Å². The van der Waals surface area contributed by atoms with Crippen LogP contribution in [0.3, 0.4) is 0 Å². The molecule has 1 amide bonds. The molecular formula is C26H31N5O5S2. The van der Waals surface area contributed by atoms with Gasteiger partial charge >= 0.3 is 0 Å². The molecule has 0 unspecified atom stereocenters. The molecule has 0 spiro atoms. The first-order chi connectivity index (χ1) is 18.3. The Labute approximate surface area is 226 Å². The van der Waals surface area contributed by atoms with Crippen LogP contribution < -0.4 is 10.1 Å². The van der Waals surface area contributed by atoms with Crippen LogP contribution in [0.25, 0.3) is 5.69 Å². The van der Waals surface area contributed by atoms with Gasteiger partial charge in [-0.25, -0.2) is 8.42 Å². The monoisotopic (exact) mass is 557 g/mol. The summed E-state index contributed by atoms with van der Waals surface area (Å²) in [5, 5.41) is 11.9. The number of carbonyl (C=O) groups excluding carboxylic acids is 2. The molecule has 12 heteroatoms. The highest BCUT2D eigenvalue weighted by Crippen LogP contribution is 2.26. The Bertz CT molecular complexity index is 1370. The number of thioether (sulfide) groups is 1. The number of rotatable bonds is 12. The van der Waals surface area contributed by atoms with Gasteiger partial charge in [0.1, 0.15) is 11.6 Å². The molecule has 0 radical (unpaired) electrons. The van der Waals surface area contributed by atoms with Gasteiger partial charge in [0.15, 0.2) is 10.9 Å². The topological polar surface area (TPSA) is 123 Å². The summed E-state index contributed by atoms with van der Waals surface area (Å²) in [6.45, 7) is 5.39. The van der Waals surface area contributed by atoms with E-state index in [1.165, 1.54) is 35.1 Å². The van der Waals surface area contributed by atoms with Crippen molar-refractivity contribution in [3.8, 4) is 11.4 Å². The number of carbonyl (C=O) groups is 2. The Hall–Kier alpha value is -3.22. The predicted molar refractivity (Wildman–Crippen MR) is 144 cm³/mol. The number of hydrogen-bond donors (Lipinski definition) is 1. The molecular weight excluding hydrogens is 526 g/mol. The van der Waals surface area contributed by atoms with Crippen LogP contribution in [0, 0.1) is 0 Å². The van der Waals surface area contributed by atoms with Gasteiger partial charge in [-0.3, -0.25) is 14.2 Å². The quantitative estimate of drug-likeness (QED) is 0.266. The summed E-state index contributed by atoms with van der Waals surface area (Å²) in [4.78, 5) is 24.5. The van der Waals surface area contributed by atoms with Crippen LogP contribution in [0.2, 0.25) is 0 Å². The van der Waals surface area contributed by atoms with E-state index in [0.29, 0.717) is 49.2 Å². The van der Waals surface area contributed by atoms with Crippen molar-refractivity contribution in [1.29, 1.82) is 0 Å². The van der Waals surface area contributed by atoms with E-state index in [-0.39, 0.29) is 22.3 Å². The minimum absolute atomic E-state index is 0.0963. The van der Waals surface area contributed by atoms with Crippen molar-refractivity contribution in [2.75, 3.05) is 32.0 Å². The van der Waals surface area contributed by atoms with Crippen LogP contribution in [0.4, 0.5) is 0 Å². The van der Waals surface area contributed by atoms with Gasteiger partial charge in [-0.2, -0.15) is 4.31 Å². The van der Waals surface area contributed by atoms with Gasteiger partial charge in [0.2, 0.25) is 15.9 Å². The Kier molecular flexibility index (Phi) is 9.18. The Morgan fingerprint density at radius 1 is 1.03 bits per heavy atom.